The molecule has 0 nitrogen and oxygen atoms in total. The van der Waals surface area contributed by atoms with Gasteiger partial charge in [0.2, 0.25) is 0 Å². The highest BCUT2D eigenvalue weighted by atomic mass is 28.3. The zero-order valence-electron chi connectivity index (χ0n) is 15.0. The minimum Gasteiger partial charge on any atom is -0.0757 e. The van der Waals surface area contributed by atoms with Crippen molar-refractivity contribution >= 4 is 13.3 Å². The van der Waals surface area contributed by atoms with Crippen molar-refractivity contribution in [3.8, 4) is 0 Å². The molecule has 23 heavy (non-hydrogen) atoms. The number of rotatable bonds is 5. The summed E-state index contributed by atoms with van der Waals surface area (Å²) in [6.07, 6.45) is 15.8. The van der Waals surface area contributed by atoms with Crippen molar-refractivity contribution in [2.75, 3.05) is 0 Å². The lowest BCUT2D eigenvalue weighted by molar-refractivity contribution is 0.494. The largest absolute Gasteiger partial charge is 0.102 e. The second-order valence-corrected chi connectivity index (χ2v) is 12.0. The minimum absolute atomic E-state index is 0.684. The maximum atomic E-state index is 2.63. The third-order valence-corrected chi connectivity index (χ3v) is 11.6. The molecule has 0 bridgehead atoms. The van der Waals surface area contributed by atoms with E-state index in [0.29, 0.717) is 5.92 Å². The number of allylic oxidation sites excluding steroid dienone is 4. The Hall–Kier alpha value is -1.08. The highest BCUT2D eigenvalue weighted by Gasteiger charge is 2.44. The van der Waals surface area contributed by atoms with Gasteiger partial charge in [0.05, 0.1) is 0 Å². The topological polar surface area (TPSA) is 0 Å². The van der Waals surface area contributed by atoms with E-state index < -0.39 is 8.07 Å². The summed E-state index contributed by atoms with van der Waals surface area (Å²) in [7, 11) is -1.64. The minimum atomic E-state index is -1.64. The van der Waals surface area contributed by atoms with E-state index in [-0.39, 0.29) is 0 Å². The van der Waals surface area contributed by atoms with Crippen LogP contribution in [0.5, 0.6) is 0 Å². The molecular formula is C22H31Si. The Kier molecular flexibility index (Phi) is 5.26. The zero-order chi connectivity index (χ0) is 16.3. The summed E-state index contributed by atoms with van der Waals surface area (Å²) in [5, 5.41) is 1.63. The first kappa shape index (κ1) is 16.8. The number of hydrogen-bond acceptors (Lipinski definition) is 0. The monoisotopic (exact) mass is 323 g/mol. The fraction of sp³-hybridized carbons (Fsp3) is 0.500. The van der Waals surface area contributed by atoms with E-state index in [4.69, 9.17) is 0 Å². The lowest BCUT2D eigenvalue weighted by Crippen LogP contribution is -2.53. The van der Waals surface area contributed by atoms with Crippen molar-refractivity contribution in [1.29, 1.82) is 0 Å². The summed E-state index contributed by atoms with van der Waals surface area (Å²) < 4.78 is 0. The van der Waals surface area contributed by atoms with Gasteiger partial charge in [-0.1, -0.05) is 106 Å². The highest BCUT2D eigenvalue weighted by molar-refractivity contribution is 6.97. The van der Waals surface area contributed by atoms with Gasteiger partial charge in [0.25, 0.3) is 0 Å². The van der Waals surface area contributed by atoms with Gasteiger partial charge in [-0.3, -0.25) is 0 Å². The fourth-order valence-corrected chi connectivity index (χ4v) is 9.05. The summed E-state index contributed by atoms with van der Waals surface area (Å²) >= 11 is 0. The molecule has 1 fully saturated rings. The Morgan fingerprint density at radius 2 is 1.74 bits per heavy atom. The first-order valence-corrected chi connectivity index (χ1v) is 12.1. The molecule has 1 heteroatoms. The predicted octanol–water partition coefficient (Wildman–Crippen LogP) is 5.96. The van der Waals surface area contributed by atoms with Crippen LogP contribution in [0.15, 0.2) is 54.1 Å². The van der Waals surface area contributed by atoms with Crippen molar-refractivity contribution in [2.45, 2.75) is 64.5 Å². The van der Waals surface area contributed by atoms with E-state index in [2.05, 4.69) is 69.0 Å². The van der Waals surface area contributed by atoms with Crippen LogP contribution in [-0.4, -0.2) is 8.07 Å². The molecule has 3 rings (SSSR count). The summed E-state index contributed by atoms with van der Waals surface area (Å²) in [5.74, 6) is 0.684. The van der Waals surface area contributed by atoms with Gasteiger partial charge >= 0.3 is 0 Å². The van der Waals surface area contributed by atoms with Gasteiger partial charge < -0.3 is 0 Å². The third-order valence-electron chi connectivity index (χ3n) is 6.35. The summed E-state index contributed by atoms with van der Waals surface area (Å²) in [6, 6.07) is 11.4. The number of hydrogen-bond donors (Lipinski definition) is 0. The molecule has 1 radical (unpaired) electrons. The Morgan fingerprint density at radius 1 is 1.04 bits per heavy atom. The van der Waals surface area contributed by atoms with Crippen LogP contribution < -0.4 is 5.19 Å². The molecule has 0 spiro atoms. The smallest absolute Gasteiger partial charge is 0.0757 e. The summed E-state index contributed by atoms with van der Waals surface area (Å²) in [6.45, 7) is 7.29. The second-order valence-electron chi connectivity index (χ2n) is 7.65. The molecule has 1 saturated carbocycles. The maximum Gasteiger partial charge on any atom is 0.102 e. The van der Waals surface area contributed by atoms with Crippen molar-refractivity contribution < 1.29 is 0 Å². The first-order chi connectivity index (χ1) is 11.2. The van der Waals surface area contributed by atoms with E-state index in [0.717, 1.165) is 5.54 Å². The van der Waals surface area contributed by atoms with Gasteiger partial charge in [0, 0.05) is 5.54 Å². The molecule has 0 saturated heterocycles. The lowest BCUT2D eigenvalue weighted by atomic mass is 10.00. The van der Waals surface area contributed by atoms with Crippen molar-refractivity contribution in [3.05, 3.63) is 59.7 Å². The van der Waals surface area contributed by atoms with E-state index in [1.54, 1.807) is 16.3 Å². The Balaban J connectivity index is 1.96. The van der Waals surface area contributed by atoms with Gasteiger partial charge in [-0.2, -0.15) is 0 Å². The van der Waals surface area contributed by atoms with E-state index in [1.165, 1.54) is 38.5 Å². The molecule has 2 unspecified atom stereocenters. The highest BCUT2D eigenvalue weighted by Crippen LogP contribution is 2.44. The molecule has 0 heterocycles. The van der Waals surface area contributed by atoms with Gasteiger partial charge in [0.15, 0.2) is 0 Å². The molecule has 2 aliphatic rings. The van der Waals surface area contributed by atoms with Crippen molar-refractivity contribution in [3.63, 3.8) is 0 Å². The normalized spacial score (nSPS) is 23.5. The van der Waals surface area contributed by atoms with Crippen LogP contribution in [0.25, 0.3) is 0 Å². The SMILES string of the molecule is CCC(C)C1=C[C]([Si](C)(c2ccccc2)C2CCCCC2)C=C1. The molecule has 1 aromatic rings. The van der Waals surface area contributed by atoms with Crippen LogP contribution in [0.4, 0.5) is 0 Å². The molecule has 2 atom stereocenters. The molecule has 0 aliphatic heterocycles. The average molecular weight is 324 g/mol. The summed E-state index contributed by atoms with van der Waals surface area (Å²) in [4.78, 5) is 0. The molecular weight excluding hydrogens is 292 g/mol. The molecule has 123 valence electrons. The van der Waals surface area contributed by atoms with Crippen LogP contribution in [0, 0.1) is 11.5 Å². The lowest BCUT2D eigenvalue weighted by Gasteiger charge is -2.41. The Morgan fingerprint density at radius 3 is 2.39 bits per heavy atom. The Bertz CT molecular complexity index is 565. The van der Waals surface area contributed by atoms with E-state index >= 15 is 0 Å². The van der Waals surface area contributed by atoms with Crippen LogP contribution in [-0.2, 0) is 0 Å². The Labute approximate surface area is 143 Å². The first-order valence-electron chi connectivity index (χ1n) is 9.49. The van der Waals surface area contributed by atoms with Crippen molar-refractivity contribution in [2.24, 2.45) is 5.92 Å². The fourth-order valence-electron chi connectivity index (χ4n) is 4.43. The molecule has 1 aromatic carbocycles. The van der Waals surface area contributed by atoms with Gasteiger partial charge in [-0.15, -0.1) is 0 Å². The quantitative estimate of drug-likeness (QED) is 0.586. The second kappa shape index (κ2) is 7.21. The molecule has 0 aromatic heterocycles. The van der Waals surface area contributed by atoms with Crippen LogP contribution >= 0.6 is 0 Å². The maximum absolute atomic E-state index is 2.63. The van der Waals surface area contributed by atoms with Gasteiger partial charge in [0.1, 0.15) is 8.07 Å². The third kappa shape index (κ3) is 3.26. The summed E-state index contributed by atoms with van der Waals surface area (Å²) in [5.41, 5.74) is 4.13. The van der Waals surface area contributed by atoms with Crippen LogP contribution in [0.2, 0.25) is 12.1 Å². The standard InChI is InChI=1S/C22H31Si/c1-4-18(2)19-15-16-22(17-19)23(3,20-11-7-5-8-12-20)21-13-9-6-10-14-21/h5,7-8,11-12,15-18,21H,4,6,9-10,13-14H2,1-3H3. The van der Waals surface area contributed by atoms with Crippen molar-refractivity contribution in [1.82, 2.24) is 0 Å². The molecule has 0 N–H and O–H groups in total. The van der Waals surface area contributed by atoms with Crippen LogP contribution in [0.1, 0.15) is 52.4 Å². The average Bonchev–Trinajstić information content (AvgIpc) is 3.12. The zero-order valence-corrected chi connectivity index (χ0v) is 16.0. The number of benzene rings is 1. The van der Waals surface area contributed by atoms with E-state index in [9.17, 15) is 0 Å². The van der Waals surface area contributed by atoms with Crippen LogP contribution in [0.3, 0.4) is 0 Å². The van der Waals surface area contributed by atoms with Gasteiger partial charge in [-0.05, 0) is 23.5 Å². The van der Waals surface area contributed by atoms with E-state index in [1.807, 2.05) is 0 Å². The predicted molar refractivity (Wildman–Crippen MR) is 104 cm³/mol. The molecule has 2 aliphatic carbocycles. The molecule has 0 amide bonds. The van der Waals surface area contributed by atoms with Gasteiger partial charge in [-0.25, -0.2) is 0 Å².